The third-order valence-electron chi connectivity index (χ3n) is 4.47. The minimum atomic E-state index is -3.80. The first kappa shape index (κ1) is 22.8. The first-order valence-electron chi connectivity index (χ1n) is 8.98. The van der Waals surface area contributed by atoms with E-state index < -0.39 is 10.0 Å². The number of carbonyl (C=O) groups is 1. The average molecular weight is 527 g/mol. The number of hydrogen-bond donors (Lipinski definition) is 1. The highest BCUT2D eigenvalue weighted by atomic mass is 79.9. The molecule has 3 rings (SSSR count). The van der Waals surface area contributed by atoms with Crippen LogP contribution < -0.4 is 4.72 Å². The van der Waals surface area contributed by atoms with E-state index >= 15 is 0 Å². The molecule has 0 aliphatic heterocycles. The van der Waals surface area contributed by atoms with E-state index in [0.29, 0.717) is 31.3 Å². The van der Waals surface area contributed by atoms with Gasteiger partial charge in [-0.15, -0.1) is 0 Å². The van der Waals surface area contributed by atoms with Gasteiger partial charge in [-0.25, -0.2) is 8.42 Å². The van der Waals surface area contributed by atoms with Gasteiger partial charge >= 0.3 is 0 Å². The number of carbonyl (C=O) groups excluding carboxylic acids is 1. The minimum absolute atomic E-state index is 0.0284. The Hall–Kier alpha value is -1.86. The Bertz CT molecular complexity index is 1180. The van der Waals surface area contributed by atoms with Crippen LogP contribution in [-0.4, -0.2) is 14.2 Å². The molecule has 30 heavy (non-hydrogen) atoms. The SMILES string of the molecule is Cc1ccc(S(=O)(=O)Nc2cc(Br)ccc2CC(=O)Cc2c(Cl)cccc2Cl)cc1. The molecule has 0 aliphatic carbocycles. The lowest BCUT2D eigenvalue weighted by Gasteiger charge is -2.14. The lowest BCUT2D eigenvalue weighted by Crippen LogP contribution is -2.16. The second-order valence-electron chi connectivity index (χ2n) is 6.81. The van der Waals surface area contributed by atoms with Crippen molar-refractivity contribution in [1.29, 1.82) is 0 Å². The fourth-order valence-corrected chi connectivity index (χ4v) is 4.88. The number of ketones is 1. The molecule has 3 aromatic rings. The zero-order valence-electron chi connectivity index (χ0n) is 16.0. The van der Waals surface area contributed by atoms with Crippen LogP contribution in [0.2, 0.25) is 10.0 Å². The van der Waals surface area contributed by atoms with Crippen LogP contribution in [0.15, 0.2) is 70.0 Å². The van der Waals surface area contributed by atoms with E-state index in [9.17, 15) is 13.2 Å². The molecule has 0 bridgehead atoms. The van der Waals surface area contributed by atoms with Crippen molar-refractivity contribution in [3.63, 3.8) is 0 Å². The Morgan fingerprint density at radius 1 is 0.967 bits per heavy atom. The van der Waals surface area contributed by atoms with E-state index in [2.05, 4.69) is 20.7 Å². The molecule has 0 spiro atoms. The Morgan fingerprint density at radius 3 is 2.23 bits per heavy atom. The van der Waals surface area contributed by atoms with E-state index in [1.807, 2.05) is 6.92 Å². The molecule has 0 unspecified atom stereocenters. The first-order chi connectivity index (χ1) is 14.2. The number of rotatable bonds is 7. The molecule has 0 aliphatic rings. The highest BCUT2D eigenvalue weighted by molar-refractivity contribution is 9.10. The number of aryl methyl sites for hydroxylation is 1. The van der Waals surface area contributed by atoms with Crippen LogP contribution in [0.1, 0.15) is 16.7 Å². The normalized spacial score (nSPS) is 11.3. The van der Waals surface area contributed by atoms with Crippen molar-refractivity contribution in [1.82, 2.24) is 0 Å². The van der Waals surface area contributed by atoms with Crippen LogP contribution in [0.5, 0.6) is 0 Å². The fraction of sp³-hybridized carbons (Fsp3) is 0.136. The lowest BCUT2D eigenvalue weighted by atomic mass is 10.0. The largest absolute Gasteiger partial charge is 0.299 e. The van der Waals surface area contributed by atoms with Crippen molar-refractivity contribution < 1.29 is 13.2 Å². The standard InChI is InChI=1S/C22H18BrCl2NO3S/c1-14-5-9-18(10-6-14)30(28,29)26-22-12-16(23)8-7-15(22)11-17(27)13-19-20(24)3-2-4-21(19)25/h2-10,12,26H,11,13H2,1H3. The summed E-state index contributed by atoms with van der Waals surface area (Å²) < 4.78 is 28.9. The molecule has 0 heterocycles. The van der Waals surface area contributed by atoms with E-state index in [1.165, 1.54) is 0 Å². The summed E-state index contributed by atoms with van der Waals surface area (Å²) in [5.74, 6) is -0.136. The summed E-state index contributed by atoms with van der Waals surface area (Å²) in [7, 11) is -3.80. The quantitative estimate of drug-likeness (QED) is 0.397. The predicted octanol–water partition coefficient (Wildman–Crippen LogP) is 6.22. The smallest absolute Gasteiger partial charge is 0.261 e. The van der Waals surface area contributed by atoms with E-state index in [4.69, 9.17) is 23.2 Å². The van der Waals surface area contributed by atoms with Gasteiger partial charge < -0.3 is 0 Å². The number of hydrogen-bond acceptors (Lipinski definition) is 3. The van der Waals surface area contributed by atoms with Gasteiger partial charge in [-0.1, -0.05) is 69.0 Å². The van der Waals surface area contributed by atoms with Gasteiger partial charge in [0.15, 0.2) is 0 Å². The molecule has 0 saturated carbocycles. The first-order valence-corrected chi connectivity index (χ1v) is 12.0. The van der Waals surface area contributed by atoms with Crippen molar-refractivity contribution in [2.45, 2.75) is 24.7 Å². The van der Waals surface area contributed by atoms with E-state index in [0.717, 1.165) is 5.56 Å². The second-order valence-corrected chi connectivity index (χ2v) is 10.2. The van der Waals surface area contributed by atoms with Crippen molar-refractivity contribution in [3.8, 4) is 0 Å². The molecule has 3 aromatic carbocycles. The number of anilines is 1. The highest BCUT2D eigenvalue weighted by Crippen LogP contribution is 2.28. The molecular weight excluding hydrogens is 509 g/mol. The molecule has 156 valence electrons. The second kappa shape index (κ2) is 9.52. The molecule has 0 aromatic heterocycles. The van der Waals surface area contributed by atoms with Crippen LogP contribution >= 0.6 is 39.1 Å². The van der Waals surface area contributed by atoms with Gasteiger partial charge in [0.2, 0.25) is 0 Å². The maximum atomic E-state index is 12.8. The monoisotopic (exact) mass is 525 g/mol. The van der Waals surface area contributed by atoms with Crippen LogP contribution in [-0.2, 0) is 27.7 Å². The summed E-state index contributed by atoms with van der Waals surface area (Å²) in [5, 5.41) is 0.846. The van der Waals surface area contributed by atoms with Crippen molar-refractivity contribution in [3.05, 3.63) is 91.9 Å². The van der Waals surface area contributed by atoms with Crippen molar-refractivity contribution in [2.75, 3.05) is 4.72 Å². The predicted molar refractivity (Wildman–Crippen MR) is 125 cm³/mol. The summed E-state index contributed by atoms with van der Waals surface area (Å²) in [6.45, 7) is 1.88. The Morgan fingerprint density at radius 2 is 1.60 bits per heavy atom. The van der Waals surface area contributed by atoms with Crippen molar-refractivity contribution >= 4 is 60.6 Å². The topological polar surface area (TPSA) is 63.2 Å². The highest BCUT2D eigenvalue weighted by Gasteiger charge is 2.18. The number of Topliss-reactive ketones (excluding diaryl/α,β-unsaturated/α-hetero) is 1. The number of benzene rings is 3. The van der Waals surface area contributed by atoms with Gasteiger partial charge in [-0.3, -0.25) is 9.52 Å². The third-order valence-corrected chi connectivity index (χ3v) is 7.05. The third kappa shape index (κ3) is 5.64. The zero-order valence-corrected chi connectivity index (χ0v) is 19.9. The fourth-order valence-electron chi connectivity index (χ4n) is 2.89. The number of halogens is 3. The van der Waals surface area contributed by atoms with Crippen LogP contribution in [0.4, 0.5) is 5.69 Å². The van der Waals surface area contributed by atoms with Gasteiger partial charge in [0.1, 0.15) is 5.78 Å². The van der Waals surface area contributed by atoms with Gasteiger partial charge in [0, 0.05) is 27.4 Å². The molecule has 0 fully saturated rings. The molecule has 0 saturated heterocycles. The molecule has 8 heteroatoms. The number of nitrogens with one attached hydrogen (secondary N) is 1. The summed E-state index contributed by atoms with van der Waals surface area (Å²) in [5.41, 5.74) is 2.41. The Labute approximate surface area is 194 Å². The summed E-state index contributed by atoms with van der Waals surface area (Å²) >= 11 is 15.7. The molecule has 0 amide bonds. The molecule has 0 radical (unpaired) electrons. The summed E-state index contributed by atoms with van der Waals surface area (Å²) in [6.07, 6.45) is 0.0826. The maximum absolute atomic E-state index is 12.8. The van der Waals surface area contributed by atoms with Gasteiger partial charge in [-0.05, 0) is 54.4 Å². The zero-order chi connectivity index (χ0) is 21.9. The minimum Gasteiger partial charge on any atom is -0.299 e. The molecule has 4 nitrogen and oxygen atoms in total. The Kier molecular flexibility index (Phi) is 7.24. The van der Waals surface area contributed by atoms with Crippen LogP contribution in [0.3, 0.4) is 0 Å². The van der Waals surface area contributed by atoms with E-state index in [-0.39, 0.29) is 23.5 Å². The van der Waals surface area contributed by atoms with Gasteiger partial charge in [0.05, 0.1) is 10.6 Å². The summed E-state index contributed by atoms with van der Waals surface area (Å²) in [6, 6.07) is 16.7. The van der Waals surface area contributed by atoms with Gasteiger partial charge in [0.25, 0.3) is 10.0 Å². The van der Waals surface area contributed by atoms with Crippen molar-refractivity contribution in [2.24, 2.45) is 0 Å². The summed E-state index contributed by atoms with van der Waals surface area (Å²) in [4.78, 5) is 12.8. The van der Waals surface area contributed by atoms with Crippen LogP contribution in [0, 0.1) is 6.92 Å². The molecular formula is C22H18BrCl2NO3S. The van der Waals surface area contributed by atoms with Crippen LogP contribution in [0.25, 0.3) is 0 Å². The Balaban J connectivity index is 1.85. The molecule has 1 N–H and O–H groups in total. The van der Waals surface area contributed by atoms with Gasteiger partial charge in [-0.2, -0.15) is 0 Å². The molecule has 0 atom stereocenters. The van der Waals surface area contributed by atoms with E-state index in [1.54, 1.807) is 60.7 Å². The average Bonchev–Trinajstić information content (AvgIpc) is 2.67. The lowest BCUT2D eigenvalue weighted by molar-refractivity contribution is -0.117. The number of sulfonamides is 1. The maximum Gasteiger partial charge on any atom is 0.261 e.